The van der Waals surface area contributed by atoms with Crippen molar-refractivity contribution in [3.63, 3.8) is 0 Å². The van der Waals surface area contributed by atoms with Gasteiger partial charge in [0.25, 0.3) is 0 Å². The van der Waals surface area contributed by atoms with Gasteiger partial charge in [0.2, 0.25) is 15.9 Å². The molecule has 1 unspecified atom stereocenters. The van der Waals surface area contributed by atoms with Crippen molar-refractivity contribution in [2.75, 3.05) is 13.7 Å². The third-order valence-electron chi connectivity index (χ3n) is 4.37. The van der Waals surface area contributed by atoms with Crippen LogP contribution in [0, 0.1) is 11.7 Å². The number of ether oxygens (including phenoxy) is 1. The zero-order valence-corrected chi connectivity index (χ0v) is 17.6. The molecule has 1 amide bonds. The van der Waals surface area contributed by atoms with Crippen molar-refractivity contribution in [3.05, 3.63) is 59.9 Å². The molecule has 0 aromatic heterocycles. The molecule has 2 N–H and O–H groups in total. The summed E-state index contributed by atoms with van der Waals surface area (Å²) in [7, 11) is -2.41. The third-order valence-corrected chi connectivity index (χ3v) is 5.86. The molecule has 0 saturated carbocycles. The van der Waals surface area contributed by atoms with Gasteiger partial charge in [0.15, 0.2) is 0 Å². The Kier molecular flexibility index (Phi) is 8.16. The topological polar surface area (TPSA) is 84.5 Å². The minimum Gasteiger partial charge on any atom is -0.497 e. The Hall–Kier alpha value is -2.45. The van der Waals surface area contributed by atoms with E-state index in [1.807, 2.05) is 0 Å². The minimum absolute atomic E-state index is 0.0646. The van der Waals surface area contributed by atoms with Crippen molar-refractivity contribution < 1.29 is 22.3 Å². The summed E-state index contributed by atoms with van der Waals surface area (Å²) in [6.45, 7) is 4.64. The molecule has 0 fully saturated rings. The largest absolute Gasteiger partial charge is 0.497 e. The molecule has 2 aromatic carbocycles. The number of methoxy groups -OCH3 is 1. The zero-order chi connectivity index (χ0) is 21.4. The number of hydrogen-bond acceptors (Lipinski definition) is 4. The molecule has 2 aromatic rings. The fraction of sp³-hybridized carbons (Fsp3) is 0.381. The van der Waals surface area contributed by atoms with E-state index in [-0.39, 0.29) is 17.2 Å². The van der Waals surface area contributed by atoms with Crippen LogP contribution in [0.1, 0.15) is 38.3 Å². The lowest BCUT2D eigenvalue weighted by atomic mass is 10.0. The van der Waals surface area contributed by atoms with Crippen LogP contribution in [0.25, 0.3) is 0 Å². The normalized spacial score (nSPS) is 12.6. The molecule has 8 heteroatoms. The summed E-state index contributed by atoms with van der Waals surface area (Å²) in [5, 5.41) is 2.82. The number of sulfonamides is 1. The van der Waals surface area contributed by atoms with Crippen LogP contribution in [0.3, 0.4) is 0 Å². The van der Waals surface area contributed by atoms with Crippen LogP contribution in [0.5, 0.6) is 5.75 Å². The fourth-order valence-electron chi connectivity index (χ4n) is 2.69. The molecule has 2 rings (SSSR count). The third kappa shape index (κ3) is 7.14. The van der Waals surface area contributed by atoms with Crippen molar-refractivity contribution in [2.24, 2.45) is 5.92 Å². The lowest BCUT2D eigenvalue weighted by Crippen LogP contribution is -2.34. The van der Waals surface area contributed by atoms with Gasteiger partial charge in [-0.15, -0.1) is 0 Å². The molecule has 158 valence electrons. The summed E-state index contributed by atoms with van der Waals surface area (Å²) in [5.74, 6) is 0.286. The fourth-order valence-corrected chi connectivity index (χ4v) is 3.92. The van der Waals surface area contributed by atoms with Crippen LogP contribution in [-0.2, 0) is 14.8 Å². The highest BCUT2D eigenvalue weighted by molar-refractivity contribution is 7.89. The van der Waals surface area contributed by atoms with Gasteiger partial charge in [-0.3, -0.25) is 4.79 Å². The number of nitrogens with one attached hydrogen (secondary N) is 2. The van der Waals surface area contributed by atoms with E-state index < -0.39 is 21.9 Å². The van der Waals surface area contributed by atoms with Crippen molar-refractivity contribution >= 4 is 15.9 Å². The monoisotopic (exact) mass is 422 g/mol. The van der Waals surface area contributed by atoms with E-state index in [9.17, 15) is 17.6 Å². The van der Waals surface area contributed by atoms with Crippen LogP contribution in [0.4, 0.5) is 4.39 Å². The molecule has 0 aliphatic carbocycles. The molecule has 0 spiro atoms. The smallest absolute Gasteiger partial charge is 0.241 e. The number of halogens is 1. The first-order chi connectivity index (χ1) is 13.7. The van der Waals surface area contributed by atoms with Gasteiger partial charge in [-0.05, 0) is 54.3 Å². The summed E-state index contributed by atoms with van der Waals surface area (Å²) in [5.41, 5.74) is 0.621. The molecule has 1 atom stereocenters. The molecule has 0 aliphatic heterocycles. The Labute approximate surface area is 171 Å². The Bertz CT molecular complexity index is 897. The number of carbonyl (C=O) groups excluding carboxylic acids is 1. The van der Waals surface area contributed by atoms with E-state index in [2.05, 4.69) is 23.9 Å². The number of hydrogen-bond donors (Lipinski definition) is 2. The van der Waals surface area contributed by atoms with Crippen LogP contribution in [-0.4, -0.2) is 28.0 Å². The van der Waals surface area contributed by atoms with Gasteiger partial charge in [0.05, 0.1) is 18.0 Å². The maximum Gasteiger partial charge on any atom is 0.241 e. The van der Waals surface area contributed by atoms with Crippen molar-refractivity contribution in [1.82, 2.24) is 10.0 Å². The number of rotatable bonds is 10. The van der Waals surface area contributed by atoms with Crippen molar-refractivity contribution in [2.45, 2.75) is 37.6 Å². The Morgan fingerprint density at radius 2 is 1.69 bits per heavy atom. The second-order valence-corrected chi connectivity index (χ2v) is 8.85. The van der Waals surface area contributed by atoms with Crippen LogP contribution >= 0.6 is 0 Å². The van der Waals surface area contributed by atoms with Gasteiger partial charge in [0, 0.05) is 13.0 Å². The Balaban J connectivity index is 2.21. The Morgan fingerprint density at radius 1 is 1.07 bits per heavy atom. The van der Waals surface area contributed by atoms with E-state index in [1.54, 1.807) is 24.3 Å². The number of amides is 1. The molecule has 0 bridgehead atoms. The van der Waals surface area contributed by atoms with Gasteiger partial charge >= 0.3 is 0 Å². The van der Waals surface area contributed by atoms with Gasteiger partial charge < -0.3 is 10.1 Å². The second-order valence-electron chi connectivity index (χ2n) is 7.14. The highest BCUT2D eigenvalue weighted by Gasteiger charge is 2.24. The van der Waals surface area contributed by atoms with Gasteiger partial charge in [-0.2, -0.15) is 0 Å². The first kappa shape index (κ1) is 22.8. The van der Waals surface area contributed by atoms with Crippen molar-refractivity contribution in [1.29, 1.82) is 0 Å². The molecular formula is C21H27FN2O4S. The maximum atomic E-state index is 13.1. The quantitative estimate of drug-likeness (QED) is 0.615. The molecular weight excluding hydrogens is 395 g/mol. The molecule has 29 heavy (non-hydrogen) atoms. The highest BCUT2D eigenvalue weighted by atomic mass is 32.2. The molecule has 0 aliphatic rings. The lowest BCUT2D eigenvalue weighted by molar-refractivity contribution is -0.121. The van der Waals surface area contributed by atoms with Gasteiger partial charge in [-0.25, -0.2) is 17.5 Å². The van der Waals surface area contributed by atoms with Gasteiger partial charge in [0.1, 0.15) is 11.6 Å². The maximum absolute atomic E-state index is 13.1. The first-order valence-electron chi connectivity index (χ1n) is 9.40. The summed E-state index contributed by atoms with van der Waals surface area (Å²) < 4.78 is 46.3. The SMILES string of the molecule is COc1ccc(C(CC(=O)NCCC(C)C)NS(=O)(=O)c2ccc(F)cc2)cc1. The predicted molar refractivity (Wildman–Crippen MR) is 110 cm³/mol. The average Bonchev–Trinajstić information content (AvgIpc) is 2.67. The average molecular weight is 423 g/mol. The Morgan fingerprint density at radius 3 is 2.24 bits per heavy atom. The van der Waals surface area contributed by atoms with E-state index in [0.717, 1.165) is 18.6 Å². The zero-order valence-electron chi connectivity index (χ0n) is 16.8. The number of benzene rings is 2. The van der Waals surface area contributed by atoms with Crippen LogP contribution < -0.4 is 14.8 Å². The van der Waals surface area contributed by atoms with Crippen LogP contribution in [0.2, 0.25) is 0 Å². The summed E-state index contributed by atoms with van der Waals surface area (Å²) in [4.78, 5) is 12.3. The molecule has 6 nitrogen and oxygen atoms in total. The van der Waals surface area contributed by atoms with E-state index in [4.69, 9.17) is 4.74 Å². The van der Waals surface area contributed by atoms with Crippen molar-refractivity contribution in [3.8, 4) is 5.75 Å². The van der Waals surface area contributed by atoms with Gasteiger partial charge in [-0.1, -0.05) is 26.0 Å². The number of carbonyl (C=O) groups is 1. The van der Waals surface area contributed by atoms with E-state index in [1.165, 1.54) is 19.2 Å². The highest BCUT2D eigenvalue weighted by Crippen LogP contribution is 2.23. The van der Waals surface area contributed by atoms with E-state index in [0.29, 0.717) is 23.8 Å². The standard InChI is InChI=1S/C21H27FN2O4S/c1-15(2)12-13-23-21(25)14-20(16-4-8-18(28-3)9-5-16)24-29(26,27)19-10-6-17(22)7-11-19/h4-11,15,20,24H,12-14H2,1-3H3,(H,23,25). The minimum atomic E-state index is -3.95. The first-order valence-corrected chi connectivity index (χ1v) is 10.9. The lowest BCUT2D eigenvalue weighted by Gasteiger charge is -2.20. The summed E-state index contributed by atoms with van der Waals surface area (Å²) in [6.07, 6.45) is 0.769. The second kappa shape index (κ2) is 10.4. The molecule has 0 radical (unpaired) electrons. The summed E-state index contributed by atoms with van der Waals surface area (Å²) in [6, 6.07) is 10.6. The molecule has 0 heterocycles. The summed E-state index contributed by atoms with van der Waals surface area (Å²) >= 11 is 0. The van der Waals surface area contributed by atoms with E-state index >= 15 is 0 Å². The predicted octanol–water partition coefficient (Wildman–Crippen LogP) is 3.41. The molecule has 0 saturated heterocycles. The van der Waals surface area contributed by atoms with Crippen LogP contribution in [0.15, 0.2) is 53.4 Å².